The molecule has 6 heteroatoms. The molecule has 16 heavy (non-hydrogen) atoms. The van der Waals surface area contributed by atoms with Gasteiger partial charge in [0.25, 0.3) is 5.56 Å². The van der Waals surface area contributed by atoms with Crippen LogP contribution in [0, 0.1) is 0 Å². The molecule has 0 radical (unpaired) electrons. The fraction of sp³-hybridized carbons (Fsp3) is 0.200. The number of halogens is 1. The molecule has 0 saturated heterocycles. The van der Waals surface area contributed by atoms with Crippen LogP contribution in [0.15, 0.2) is 22.0 Å². The second-order valence-corrected chi connectivity index (χ2v) is 4.10. The van der Waals surface area contributed by atoms with Crippen molar-refractivity contribution in [3.05, 3.63) is 33.2 Å². The van der Waals surface area contributed by atoms with E-state index in [4.69, 9.17) is 22.1 Å². The molecule has 0 fully saturated rings. The number of nitrogens with two attached hydrogens (primary N) is 1. The lowest BCUT2D eigenvalue weighted by Gasteiger charge is -2.13. The van der Waals surface area contributed by atoms with Crippen LogP contribution in [0.2, 0.25) is 0 Å². The van der Waals surface area contributed by atoms with E-state index in [0.29, 0.717) is 17.1 Å². The highest BCUT2D eigenvalue weighted by atomic mass is 35.5. The maximum Gasteiger partial charge on any atom is 0.295 e. The molecule has 2 aliphatic rings. The Bertz CT molecular complexity index is 588. The van der Waals surface area contributed by atoms with Crippen molar-refractivity contribution in [1.82, 2.24) is 9.97 Å². The van der Waals surface area contributed by atoms with E-state index in [1.165, 1.54) is 0 Å². The quantitative estimate of drug-likeness (QED) is 0.706. The van der Waals surface area contributed by atoms with E-state index < -0.39 is 0 Å². The maximum absolute atomic E-state index is 11.6. The summed E-state index contributed by atoms with van der Waals surface area (Å²) in [6, 6.07) is 0. The Hall–Kier alpha value is -1.75. The van der Waals surface area contributed by atoms with E-state index in [9.17, 15) is 4.79 Å². The van der Waals surface area contributed by atoms with Crippen molar-refractivity contribution in [3.8, 4) is 5.75 Å². The molecule has 0 spiro atoms. The number of aromatic nitrogens is 2. The maximum atomic E-state index is 11.6. The minimum Gasteiger partial charge on any atom is -0.478 e. The van der Waals surface area contributed by atoms with Crippen molar-refractivity contribution in [3.63, 3.8) is 0 Å². The monoisotopic (exact) mass is 237 g/mol. The number of nitrogens with zero attached hydrogens (tertiary/aromatic N) is 1. The third kappa shape index (κ3) is 1.25. The van der Waals surface area contributed by atoms with Crippen LogP contribution in [0.1, 0.15) is 12.1 Å². The van der Waals surface area contributed by atoms with Crippen molar-refractivity contribution in [2.75, 3.05) is 5.73 Å². The number of fused-ring (bicyclic) bond motifs is 3. The summed E-state index contributed by atoms with van der Waals surface area (Å²) in [6.07, 6.45) is 4.07. The van der Waals surface area contributed by atoms with Gasteiger partial charge < -0.3 is 10.5 Å². The number of hydrogen-bond donors (Lipinski definition) is 2. The zero-order valence-corrected chi connectivity index (χ0v) is 8.91. The van der Waals surface area contributed by atoms with Gasteiger partial charge in [0, 0.05) is 17.0 Å². The van der Waals surface area contributed by atoms with E-state index >= 15 is 0 Å². The molecule has 1 aliphatic heterocycles. The van der Waals surface area contributed by atoms with Gasteiger partial charge in [-0.3, -0.25) is 9.78 Å². The lowest BCUT2D eigenvalue weighted by atomic mass is 10.0. The lowest BCUT2D eigenvalue weighted by molar-refractivity contribution is 0.275. The Labute approximate surface area is 95.6 Å². The van der Waals surface area contributed by atoms with Gasteiger partial charge in [-0.25, -0.2) is 4.98 Å². The number of H-pyrrole nitrogens is 1. The Morgan fingerprint density at radius 1 is 1.62 bits per heavy atom. The Balaban J connectivity index is 2.24. The predicted octanol–water partition coefficient (Wildman–Crippen LogP) is 1.02. The van der Waals surface area contributed by atoms with Crippen molar-refractivity contribution in [2.24, 2.45) is 0 Å². The molecule has 0 saturated carbocycles. The summed E-state index contributed by atoms with van der Waals surface area (Å²) < 4.78 is 5.51. The molecule has 1 aromatic heterocycles. The van der Waals surface area contributed by atoms with E-state index in [0.717, 1.165) is 5.57 Å². The number of hydrogen-bond acceptors (Lipinski definition) is 4. The Morgan fingerprint density at radius 3 is 3.25 bits per heavy atom. The lowest BCUT2D eigenvalue weighted by Crippen LogP contribution is -2.16. The van der Waals surface area contributed by atoms with Crippen LogP contribution in [0.5, 0.6) is 5.75 Å². The molecule has 0 aromatic carbocycles. The van der Waals surface area contributed by atoms with Gasteiger partial charge in [-0.05, 0) is 6.08 Å². The van der Waals surface area contributed by atoms with Crippen LogP contribution in [-0.4, -0.2) is 16.1 Å². The number of nitrogens with one attached hydrogen (secondary N) is 1. The standard InChI is InChI=1S/C10H8ClN3O2/c11-4-1-2-6-5(3-4)7-8(16-6)9(15)14-10(12)13-7/h1,3,6H,2H2,(H3,12,13,14,15). The number of rotatable bonds is 0. The van der Waals surface area contributed by atoms with Gasteiger partial charge in [0.2, 0.25) is 11.7 Å². The number of allylic oxidation sites excluding steroid dienone is 2. The molecule has 0 bridgehead atoms. The largest absolute Gasteiger partial charge is 0.478 e. The first-order chi connectivity index (χ1) is 7.65. The number of aromatic amines is 1. The van der Waals surface area contributed by atoms with Crippen LogP contribution >= 0.6 is 11.6 Å². The van der Waals surface area contributed by atoms with Crippen LogP contribution in [-0.2, 0) is 0 Å². The zero-order valence-electron chi connectivity index (χ0n) is 8.16. The van der Waals surface area contributed by atoms with Crippen molar-refractivity contribution in [2.45, 2.75) is 12.5 Å². The molecule has 1 unspecified atom stereocenters. The second-order valence-electron chi connectivity index (χ2n) is 3.66. The van der Waals surface area contributed by atoms with Crippen molar-refractivity contribution < 1.29 is 4.74 Å². The molecule has 82 valence electrons. The van der Waals surface area contributed by atoms with Gasteiger partial charge in [0.1, 0.15) is 11.8 Å². The molecule has 1 aromatic rings. The minimum atomic E-state index is -0.353. The summed E-state index contributed by atoms with van der Waals surface area (Å²) in [6.45, 7) is 0. The predicted molar refractivity (Wildman–Crippen MR) is 60.2 cm³/mol. The molecular weight excluding hydrogens is 230 g/mol. The number of anilines is 1. The first-order valence-electron chi connectivity index (χ1n) is 4.79. The molecule has 0 amide bonds. The van der Waals surface area contributed by atoms with Gasteiger partial charge in [0.05, 0.1) is 0 Å². The summed E-state index contributed by atoms with van der Waals surface area (Å²) >= 11 is 5.91. The SMILES string of the molecule is Nc1nc2c(c(=O)[nH]1)OC1CC=C(Cl)C=C21. The van der Waals surface area contributed by atoms with Crippen LogP contribution in [0.4, 0.5) is 5.95 Å². The summed E-state index contributed by atoms with van der Waals surface area (Å²) in [4.78, 5) is 18.1. The molecule has 5 nitrogen and oxygen atoms in total. The summed E-state index contributed by atoms with van der Waals surface area (Å²) in [5.41, 5.74) is 6.46. The highest BCUT2D eigenvalue weighted by molar-refractivity contribution is 6.32. The molecule has 1 aliphatic carbocycles. The van der Waals surface area contributed by atoms with E-state index in [1.807, 2.05) is 6.08 Å². The summed E-state index contributed by atoms with van der Waals surface area (Å²) in [7, 11) is 0. The highest BCUT2D eigenvalue weighted by Gasteiger charge is 2.33. The Kier molecular flexibility index (Phi) is 1.85. The van der Waals surface area contributed by atoms with Crippen molar-refractivity contribution in [1.29, 1.82) is 0 Å². The van der Waals surface area contributed by atoms with Crippen LogP contribution in [0.25, 0.3) is 5.57 Å². The van der Waals surface area contributed by atoms with Gasteiger partial charge >= 0.3 is 0 Å². The first-order valence-corrected chi connectivity index (χ1v) is 5.17. The Morgan fingerprint density at radius 2 is 2.44 bits per heavy atom. The fourth-order valence-corrected chi connectivity index (χ4v) is 2.11. The smallest absolute Gasteiger partial charge is 0.295 e. The van der Waals surface area contributed by atoms with E-state index in [1.54, 1.807) is 6.08 Å². The average Bonchev–Trinajstić information content (AvgIpc) is 2.57. The highest BCUT2D eigenvalue weighted by Crippen LogP contribution is 2.38. The van der Waals surface area contributed by atoms with Crippen LogP contribution < -0.4 is 16.0 Å². The van der Waals surface area contributed by atoms with Crippen molar-refractivity contribution >= 4 is 23.1 Å². The average molecular weight is 238 g/mol. The number of nitrogen functional groups attached to an aromatic ring is 1. The first kappa shape index (κ1) is 9.47. The topological polar surface area (TPSA) is 81.0 Å². The third-order valence-electron chi connectivity index (χ3n) is 2.60. The van der Waals surface area contributed by atoms with E-state index in [2.05, 4.69) is 9.97 Å². The number of ether oxygens (including phenoxy) is 1. The van der Waals surface area contributed by atoms with Crippen LogP contribution in [0.3, 0.4) is 0 Å². The fourth-order valence-electron chi connectivity index (χ4n) is 1.91. The zero-order chi connectivity index (χ0) is 11.3. The summed E-state index contributed by atoms with van der Waals surface area (Å²) in [5.74, 6) is 0.310. The van der Waals surface area contributed by atoms with Gasteiger partial charge in [-0.2, -0.15) is 0 Å². The summed E-state index contributed by atoms with van der Waals surface area (Å²) in [5, 5.41) is 0.628. The normalized spacial score (nSPS) is 21.7. The van der Waals surface area contributed by atoms with Gasteiger partial charge in [-0.15, -0.1) is 0 Å². The molecule has 1 atom stereocenters. The molecular formula is C10H8ClN3O2. The molecule has 3 rings (SSSR count). The minimum absolute atomic E-state index is 0.0829. The third-order valence-corrected chi connectivity index (χ3v) is 2.86. The van der Waals surface area contributed by atoms with Gasteiger partial charge in [0.15, 0.2) is 0 Å². The second kappa shape index (κ2) is 3.12. The van der Waals surface area contributed by atoms with E-state index in [-0.39, 0.29) is 23.4 Å². The molecule has 2 heterocycles. The van der Waals surface area contributed by atoms with Gasteiger partial charge in [-0.1, -0.05) is 17.7 Å². The molecule has 3 N–H and O–H groups in total.